The lowest BCUT2D eigenvalue weighted by molar-refractivity contribution is -0.142. The lowest BCUT2D eigenvalue weighted by atomic mass is 9.77. The van der Waals surface area contributed by atoms with Crippen molar-refractivity contribution in [3.63, 3.8) is 0 Å². The number of rotatable bonds is 23. The van der Waals surface area contributed by atoms with Crippen LogP contribution in [0.3, 0.4) is 0 Å². The first kappa shape index (κ1) is 62.5. The van der Waals surface area contributed by atoms with Crippen molar-refractivity contribution in [3.8, 4) is 5.75 Å². The van der Waals surface area contributed by atoms with Crippen LogP contribution in [0.25, 0.3) is 11.0 Å². The standard InChI is InChI=1S/C56H76Br2ClN7O12/c1-34-12-11-14-49(74-8)56(72)31-48(77-54(71)64-56)35(2)52-55(4,78-52)39(17-21-65(5)45-27-37(26-34)28-47(73-7)51(45)59)30-46(68)44(66(6)36(3)67)13-9-10-19-60-50(69)18-22-75-24-25-76-23-20-61-53(70)38-15-16-40-41(29-38)63-43(33-58)42(32-57)62-40/h11-12,14-16,27-29,35,39,44,48-49,52,72H,9-10,13,17-26,30-33H2,1-8H3,(H,60,69)(H,61,70)(H,64,71)/b14-11+,34-12+/t35-,39-,44+,48+,49-,52?,55+,56+/m1/s1. The highest BCUT2D eigenvalue weighted by molar-refractivity contribution is 9.09. The topological polar surface area (TPSA) is 233 Å². The van der Waals surface area contributed by atoms with Crippen molar-refractivity contribution in [2.45, 2.75) is 125 Å². The Bertz CT molecular complexity index is 2660. The number of ether oxygens (including phenoxy) is 6. The number of carbonyl (C=O) groups excluding carboxylic acids is 5. The minimum absolute atomic E-state index is 0.0157. The van der Waals surface area contributed by atoms with Crippen LogP contribution in [0.4, 0.5) is 10.5 Å². The second-order valence-electron chi connectivity index (χ2n) is 20.5. The molecule has 4 amide bonds. The van der Waals surface area contributed by atoms with Crippen molar-refractivity contribution in [2.75, 3.05) is 79.3 Å². The van der Waals surface area contributed by atoms with Crippen LogP contribution < -0.4 is 25.6 Å². The molecule has 0 radical (unpaired) electrons. The number of hydrogen-bond donors (Lipinski definition) is 4. The lowest BCUT2D eigenvalue weighted by Gasteiger charge is -2.42. The molecular formula is C56H76Br2ClN7O12. The molecule has 2 aromatic carbocycles. The van der Waals surface area contributed by atoms with Gasteiger partial charge in [-0.05, 0) is 87.8 Å². The zero-order valence-electron chi connectivity index (χ0n) is 46.0. The SMILES string of the molecule is COc1cc2cc(c1Cl)N(C)CC[C@H](CC(=O)[C@H](CCCCNC(=O)CCOCCOCCNC(=O)c1ccc3nc(CBr)c(CBr)nc3c1)N(C)C(C)=O)[C@]1(C)OC1[C@H](C)[C@@H]1C[C@@](O)(NC(=O)O1)[C@H](OC)/C=C/C=C(\C)C2. The molecule has 3 aliphatic rings. The van der Waals surface area contributed by atoms with Crippen LogP contribution in [-0.2, 0) is 55.1 Å². The second kappa shape index (κ2) is 29.1. The molecule has 19 nitrogen and oxygen atoms in total. The van der Waals surface area contributed by atoms with Crippen LogP contribution in [0.5, 0.6) is 5.75 Å². The number of fused-ring (bicyclic) bond motifs is 6. The minimum atomic E-state index is -1.79. The summed E-state index contributed by atoms with van der Waals surface area (Å²) in [4.78, 5) is 78.9. The highest BCUT2D eigenvalue weighted by Gasteiger charge is 2.62. The van der Waals surface area contributed by atoms with Crippen molar-refractivity contribution in [2.24, 2.45) is 11.8 Å². The lowest BCUT2D eigenvalue weighted by Crippen LogP contribution is -2.63. The van der Waals surface area contributed by atoms with Gasteiger partial charge in [-0.15, -0.1) is 0 Å². The van der Waals surface area contributed by atoms with Gasteiger partial charge in [0.1, 0.15) is 23.0 Å². The number of hydrogen-bond acceptors (Lipinski definition) is 15. The van der Waals surface area contributed by atoms with Crippen molar-refractivity contribution < 1.29 is 57.5 Å². The zero-order chi connectivity index (χ0) is 56.7. The number of likely N-dealkylation sites (N-methyl/N-ethyl adjacent to an activating group) is 1. The van der Waals surface area contributed by atoms with Crippen LogP contribution in [0.1, 0.15) is 99.9 Å². The molecule has 428 valence electrons. The smallest absolute Gasteiger partial charge is 0.409 e. The monoisotopic (exact) mass is 1230 g/mol. The molecule has 3 aliphatic heterocycles. The van der Waals surface area contributed by atoms with E-state index in [0.717, 1.165) is 28.2 Å². The van der Waals surface area contributed by atoms with E-state index in [4.69, 9.17) is 40.0 Å². The Kier molecular flexibility index (Phi) is 23.3. The molecule has 3 aromatic rings. The van der Waals surface area contributed by atoms with Gasteiger partial charge in [0.05, 0.1) is 79.4 Å². The van der Waals surface area contributed by atoms with E-state index in [9.17, 15) is 29.1 Å². The Balaban J connectivity index is 0.997. The Morgan fingerprint density at radius 1 is 1.01 bits per heavy atom. The summed E-state index contributed by atoms with van der Waals surface area (Å²) >= 11 is 13.8. The quantitative estimate of drug-likeness (QED) is 0.0409. The second-order valence-corrected chi connectivity index (χ2v) is 22.0. The van der Waals surface area contributed by atoms with Gasteiger partial charge < -0.3 is 54.0 Å². The molecule has 2 saturated heterocycles. The number of carbonyl (C=O) groups is 5. The van der Waals surface area contributed by atoms with Gasteiger partial charge in [0.15, 0.2) is 11.5 Å². The van der Waals surface area contributed by atoms with Crippen molar-refractivity contribution in [1.82, 2.24) is 30.8 Å². The Hall–Kier alpha value is -4.74. The maximum Gasteiger partial charge on any atom is 0.409 e. The van der Waals surface area contributed by atoms with E-state index in [1.165, 1.54) is 18.9 Å². The van der Waals surface area contributed by atoms with Gasteiger partial charge in [0.25, 0.3) is 5.91 Å². The number of epoxide rings is 1. The van der Waals surface area contributed by atoms with Crippen molar-refractivity contribution >= 4 is 89.8 Å². The number of aliphatic hydroxyl groups is 1. The largest absolute Gasteiger partial charge is 0.495 e. The number of amides is 4. The molecule has 0 spiro atoms. The number of methoxy groups -OCH3 is 2. The number of anilines is 1. The van der Waals surface area contributed by atoms with Crippen LogP contribution >= 0.6 is 43.5 Å². The van der Waals surface area contributed by atoms with Gasteiger partial charge in [-0.2, -0.15) is 0 Å². The summed E-state index contributed by atoms with van der Waals surface area (Å²) < 4.78 is 35.1. The van der Waals surface area contributed by atoms with Gasteiger partial charge >= 0.3 is 6.09 Å². The van der Waals surface area contributed by atoms with Gasteiger partial charge in [0, 0.05) is 89.2 Å². The summed E-state index contributed by atoms with van der Waals surface area (Å²) in [6.07, 6.45) is 5.36. The number of alkyl halides is 2. The molecule has 1 unspecified atom stereocenters. The predicted octanol–water partition coefficient (Wildman–Crippen LogP) is 7.52. The van der Waals surface area contributed by atoms with Crippen molar-refractivity contribution in [3.05, 3.63) is 81.7 Å². The molecule has 0 aliphatic carbocycles. The fourth-order valence-corrected chi connectivity index (χ4v) is 11.5. The number of allylic oxidation sites excluding steroid dienone is 3. The summed E-state index contributed by atoms with van der Waals surface area (Å²) in [6.45, 7) is 9.52. The van der Waals surface area contributed by atoms with E-state index >= 15 is 0 Å². The van der Waals surface area contributed by atoms with E-state index in [0.29, 0.717) is 89.8 Å². The molecule has 4 bridgehead atoms. The summed E-state index contributed by atoms with van der Waals surface area (Å²) in [5.74, 6) is -1.02. The van der Waals surface area contributed by atoms with E-state index in [1.54, 1.807) is 44.5 Å². The van der Waals surface area contributed by atoms with E-state index in [2.05, 4.69) is 57.8 Å². The molecule has 0 saturated carbocycles. The first-order valence-corrected chi connectivity index (χ1v) is 29.1. The first-order chi connectivity index (χ1) is 37.2. The molecule has 22 heteroatoms. The maximum absolute atomic E-state index is 14.6. The summed E-state index contributed by atoms with van der Waals surface area (Å²) in [5, 5.41) is 21.9. The highest BCUT2D eigenvalue weighted by Crippen LogP contribution is 2.52. The normalized spacial score (nSPS) is 24.9. The summed E-state index contributed by atoms with van der Waals surface area (Å²) in [5.41, 5.74) is 3.57. The van der Waals surface area contributed by atoms with E-state index in [-0.39, 0.29) is 75.1 Å². The number of Topliss-reactive ketones (excluding diaryl/α,β-unsaturated/α-hetero) is 1. The fourth-order valence-electron chi connectivity index (χ4n) is 10.2. The zero-order valence-corrected chi connectivity index (χ0v) is 49.9. The van der Waals surface area contributed by atoms with Gasteiger partial charge in [-0.25, -0.2) is 14.8 Å². The Labute approximate surface area is 479 Å². The first-order valence-electron chi connectivity index (χ1n) is 26.5. The number of unbranched alkanes of at least 4 members (excludes halogenated alkanes) is 1. The molecule has 2 fully saturated rings. The third-order valence-electron chi connectivity index (χ3n) is 15.0. The Morgan fingerprint density at radius 2 is 1.73 bits per heavy atom. The Morgan fingerprint density at radius 3 is 2.42 bits per heavy atom. The number of alkyl carbamates (subject to hydrolysis) is 1. The summed E-state index contributed by atoms with van der Waals surface area (Å²) in [6, 6.07) is 8.42. The average Bonchev–Trinajstić information content (AvgIpc) is 4.25. The number of nitrogens with zero attached hydrogens (tertiary/aromatic N) is 4. The van der Waals surface area contributed by atoms with Gasteiger partial charge in [-0.1, -0.05) is 74.2 Å². The number of nitrogens with one attached hydrogen (secondary N) is 3. The van der Waals surface area contributed by atoms with E-state index < -0.39 is 47.7 Å². The van der Waals surface area contributed by atoms with Gasteiger partial charge in [-0.3, -0.25) is 24.5 Å². The van der Waals surface area contributed by atoms with E-state index in [1.807, 2.05) is 50.9 Å². The molecule has 1 aromatic heterocycles. The maximum atomic E-state index is 14.6. The van der Waals surface area contributed by atoms with Crippen LogP contribution in [0.2, 0.25) is 5.02 Å². The molecule has 8 atom stereocenters. The number of aromatic nitrogens is 2. The van der Waals surface area contributed by atoms with Crippen molar-refractivity contribution in [1.29, 1.82) is 0 Å². The molecule has 4 heterocycles. The molecule has 4 N–H and O–H groups in total. The molecule has 78 heavy (non-hydrogen) atoms. The average molecular weight is 1230 g/mol. The summed E-state index contributed by atoms with van der Waals surface area (Å²) in [7, 11) is 6.62. The number of halogens is 3. The molecular weight excluding hydrogens is 1160 g/mol. The highest BCUT2D eigenvalue weighted by atomic mass is 79.9. The third-order valence-corrected chi connectivity index (χ3v) is 16.4. The van der Waals surface area contributed by atoms with Crippen LogP contribution in [0.15, 0.2) is 54.1 Å². The van der Waals surface area contributed by atoms with Crippen LogP contribution in [-0.4, -0.2) is 160 Å². The molecule has 6 rings (SSSR count). The number of benzene rings is 2. The third kappa shape index (κ3) is 16.4. The number of ketones is 1. The minimum Gasteiger partial charge on any atom is -0.495 e. The predicted molar refractivity (Wildman–Crippen MR) is 304 cm³/mol. The fraction of sp³-hybridized carbons (Fsp3) is 0.589. The van der Waals surface area contributed by atoms with Crippen LogP contribution in [0, 0.1) is 11.8 Å². The van der Waals surface area contributed by atoms with Gasteiger partial charge in [0.2, 0.25) is 11.8 Å².